The maximum atomic E-state index is 11.8. The minimum atomic E-state index is -0.479. The number of alkyl carbamates (subject to hydrolysis) is 1. The highest BCUT2D eigenvalue weighted by Crippen LogP contribution is 2.21. The Kier molecular flexibility index (Phi) is 4.54. The van der Waals surface area contributed by atoms with Crippen LogP contribution in [0.2, 0.25) is 5.15 Å². The van der Waals surface area contributed by atoms with Crippen molar-refractivity contribution < 1.29 is 9.53 Å². The highest BCUT2D eigenvalue weighted by Gasteiger charge is 2.25. The maximum Gasteiger partial charge on any atom is 0.407 e. The van der Waals surface area contributed by atoms with E-state index in [1.54, 1.807) is 6.07 Å². The average molecular weight is 352 g/mol. The summed E-state index contributed by atoms with van der Waals surface area (Å²) >= 11 is 5.90. The SMILES string of the molecule is CC(C)(C)OC(=O)NC1CCN(c2nc3nc(Cl)ccc3[nH]2)CC1. The van der Waals surface area contributed by atoms with Crippen LogP contribution >= 0.6 is 11.6 Å². The van der Waals surface area contributed by atoms with Crippen molar-refractivity contribution in [3.05, 3.63) is 17.3 Å². The summed E-state index contributed by atoms with van der Waals surface area (Å²) in [5.41, 5.74) is 1.00. The van der Waals surface area contributed by atoms with Crippen LogP contribution in [-0.4, -0.2) is 45.8 Å². The van der Waals surface area contributed by atoms with E-state index in [0.29, 0.717) is 10.8 Å². The molecule has 0 bridgehead atoms. The average Bonchev–Trinajstić information content (AvgIpc) is 2.89. The van der Waals surface area contributed by atoms with Crippen LogP contribution in [0.15, 0.2) is 12.1 Å². The molecule has 3 heterocycles. The third-order valence-electron chi connectivity index (χ3n) is 3.81. The summed E-state index contributed by atoms with van der Waals surface area (Å²) in [5.74, 6) is 0.787. The first-order valence-corrected chi connectivity index (χ1v) is 8.45. The molecule has 130 valence electrons. The molecular weight excluding hydrogens is 330 g/mol. The van der Waals surface area contributed by atoms with E-state index in [4.69, 9.17) is 16.3 Å². The second kappa shape index (κ2) is 6.47. The number of aromatic nitrogens is 3. The number of carbonyl (C=O) groups is 1. The predicted molar refractivity (Wildman–Crippen MR) is 93.5 cm³/mol. The van der Waals surface area contributed by atoms with Crippen LogP contribution in [0.25, 0.3) is 11.2 Å². The number of halogens is 1. The van der Waals surface area contributed by atoms with Crippen molar-refractivity contribution in [2.45, 2.75) is 45.3 Å². The number of nitrogens with one attached hydrogen (secondary N) is 2. The minimum absolute atomic E-state index is 0.119. The van der Waals surface area contributed by atoms with Gasteiger partial charge in [0.1, 0.15) is 10.8 Å². The molecule has 0 aliphatic carbocycles. The monoisotopic (exact) mass is 351 g/mol. The number of carbonyl (C=O) groups excluding carboxylic acids is 1. The number of aromatic amines is 1. The molecule has 0 aromatic carbocycles. The van der Waals surface area contributed by atoms with Gasteiger partial charge in [0.2, 0.25) is 5.95 Å². The Morgan fingerprint density at radius 2 is 2.04 bits per heavy atom. The third-order valence-corrected chi connectivity index (χ3v) is 4.03. The molecule has 2 aromatic heterocycles. The summed E-state index contributed by atoms with van der Waals surface area (Å²) in [5, 5.41) is 3.36. The van der Waals surface area contributed by atoms with E-state index < -0.39 is 5.60 Å². The van der Waals surface area contributed by atoms with Gasteiger partial charge in [-0.1, -0.05) is 11.6 Å². The Hall–Kier alpha value is -2.02. The summed E-state index contributed by atoms with van der Waals surface area (Å²) < 4.78 is 5.30. The maximum absolute atomic E-state index is 11.8. The molecule has 0 radical (unpaired) electrons. The van der Waals surface area contributed by atoms with Crippen molar-refractivity contribution >= 4 is 34.8 Å². The Balaban J connectivity index is 1.57. The number of nitrogens with zero attached hydrogens (tertiary/aromatic N) is 3. The highest BCUT2D eigenvalue weighted by molar-refractivity contribution is 6.29. The minimum Gasteiger partial charge on any atom is -0.444 e. The van der Waals surface area contributed by atoms with Crippen LogP contribution in [0, 0.1) is 0 Å². The predicted octanol–water partition coefficient (Wildman–Crippen LogP) is 3.10. The number of hydrogen-bond acceptors (Lipinski definition) is 5. The van der Waals surface area contributed by atoms with E-state index in [1.807, 2.05) is 26.8 Å². The molecule has 7 nitrogen and oxygen atoms in total. The molecule has 8 heteroatoms. The summed E-state index contributed by atoms with van der Waals surface area (Å²) in [6.45, 7) is 7.17. The van der Waals surface area contributed by atoms with Gasteiger partial charge >= 0.3 is 6.09 Å². The number of pyridine rings is 1. The molecule has 0 unspecified atom stereocenters. The molecular formula is C16H22ClN5O2. The van der Waals surface area contributed by atoms with Gasteiger partial charge in [0.15, 0.2) is 5.65 Å². The van der Waals surface area contributed by atoms with E-state index in [2.05, 4.69) is 25.2 Å². The smallest absolute Gasteiger partial charge is 0.407 e. The third kappa shape index (κ3) is 4.08. The molecule has 1 amide bonds. The van der Waals surface area contributed by atoms with Crippen LogP contribution in [-0.2, 0) is 4.74 Å². The fourth-order valence-corrected chi connectivity index (χ4v) is 2.86. The Morgan fingerprint density at radius 1 is 1.33 bits per heavy atom. The van der Waals surface area contributed by atoms with Crippen molar-refractivity contribution in [3.8, 4) is 0 Å². The van der Waals surface area contributed by atoms with Crippen LogP contribution in [0.1, 0.15) is 33.6 Å². The highest BCUT2D eigenvalue weighted by atomic mass is 35.5. The van der Waals surface area contributed by atoms with Gasteiger partial charge in [-0.25, -0.2) is 9.78 Å². The van der Waals surface area contributed by atoms with Crippen molar-refractivity contribution in [2.24, 2.45) is 0 Å². The van der Waals surface area contributed by atoms with E-state index in [9.17, 15) is 4.79 Å². The molecule has 1 saturated heterocycles. The second-order valence-corrected chi connectivity index (χ2v) is 7.36. The number of H-pyrrole nitrogens is 1. The van der Waals surface area contributed by atoms with Gasteiger partial charge in [-0.05, 0) is 45.7 Å². The number of anilines is 1. The standard InChI is InChI=1S/C16H22ClN5O2/c1-16(2,3)24-15(23)18-10-6-8-22(9-7-10)14-19-11-4-5-12(17)20-13(11)21-14/h4-5,10H,6-9H2,1-3H3,(H,18,23)(H,19,20,21). The van der Waals surface area contributed by atoms with Gasteiger partial charge in [0, 0.05) is 19.1 Å². The Morgan fingerprint density at radius 3 is 2.71 bits per heavy atom. The fourth-order valence-electron chi connectivity index (χ4n) is 2.72. The van der Waals surface area contributed by atoms with Crippen molar-refractivity contribution in [1.82, 2.24) is 20.3 Å². The van der Waals surface area contributed by atoms with Crippen molar-refractivity contribution in [2.75, 3.05) is 18.0 Å². The number of imidazole rings is 1. The molecule has 0 spiro atoms. The summed E-state index contributed by atoms with van der Waals surface area (Å²) in [6.07, 6.45) is 1.32. The van der Waals surface area contributed by atoms with E-state index in [-0.39, 0.29) is 12.1 Å². The molecule has 2 aromatic rings. The van der Waals surface area contributed by atoms with E-state index in [1.165, 1.54) is 0 Å². The van der Waals surface area contributed by atoms with Gasteiger partial charge in [0.25, 0.3) is 0 Å². The van der Waals surface area contributed by atoms with Crippen LogP contribution in [0.5, 0.6) is 0 Å². The van der Waals surface area contributed by atoms with Crippen LogP contribution < -0.4 is 10.2 Å². The number of fused-ring (bicyclic) bond motifs is 1. The van der Waals surface area contributed by atoms with E-state index in [0.717, 1.165) is 37.4 Å². The summed E-state index contributed by atoms with van der Waals surface area (Å²) in [7, 11) is 0. The number of rotatable bonds is 2. The van der Waals surface area contributed by atoms with Gasteiger partial charge in [-0.3, -0.25) is 0 Å². The molecule has 1 aliphatic heterocycles. The lowest BCUT2D eigenvalue weighted by Crippen LogP contribution is -2.46. The normalized spacial score (nSPS) is 16.4. The molecule has 2 N–H and O–H groups in total. The number of piperidine rings is 1. The lowest BCUT2D eigenvalue weighted by atomic mass is 10.1. The Bertz CT molecular complexity index is 732. The van der Waals surface area contributed by atoms with Gasteiger partial charge in [-0.2, -0.15) is 4.98 Å². The quantitative estimate of drug-likeness (QED) is 0.812. The summed E-state index contributed by atoms with van der Waals surface area (Å²) in [4.78, 5) is 26.0. The Labute approximate surface area is 145 Å². The molecule has 24 heavy (non-hydrogen) atoms. The fraction of sp³-hybridized carbons (Fsp3) is 0.562. The van der Waals surface area contributed by atoms with Gasteiger partial charge in [0.05, 0.1) is 5.52 Å². The molecule has 1 fully saturated rings. The first-order chi connectivity index (χ1) is 11.3. The number of amides is 1. The topological polar surface area (TPSA) is 83.1 Å². The number of ether oxygens (including phenoxy) is 1. The van der Waals surface area contributed by atoms with Gasteiger partial charge < -0.3 is 19.9 Å². The van der Waals surface area contributed by atoms with Gasteiger partial charge in [-0.15, -0.1) is 0 Å². The lowest BCUT2D eigenvalue weighted by Gasteiger charge is -2.32. The molecule has 0 atom stereocenters. The van der Waals surface area contributed by atoms with Crippen molar-refractivity contribution in [1.29, 1.82) is 0 Å². The lowest BCUT2D eigenvalue weighted by molar-refractivity contribution is 0.0497. The van der Waals surface area contributed by atoms with Crippen molar-refractivity contribution in [3.63, 3.8) is 0 Å². The first-order valence-electron chi connectivity index (χ1n) is 8.07. The van der Waals surface area contributed by atoms with Crippen LogP contribution in [0.4, 0.5) is 10.7 Å². The second-order valence-electron chi connectivity index (χ2n) is 6.97. The number of hydrogen-bond donors (Lipinski definition) is 2. The summed E-state index contributed by atoms with van der Waals surface area (Å²) in [6, 6.07) is 3.73. The zero-order valence-electron chi connectivity index (χ0n) is 14.1. The zero-order valence-corrected chi connectivity index (χ0v) is 14.9. The van der Waals surface area contributed by atoms with Crippen LogP contribution in [0.3, 0.4) is 0 Å². The van der Waals surface area contributed by atoms with E-state index >= 15 is 0 Å². The molecule has 0 saturated carbocycles. The molecule has 3 rings (SSSR count). The molecule has 1 aliphatic rings. The first kappa shape index (κ1) is 16.8. The zero-order chi connectivity index (χ0) is 17.3. The largest absolute Gasteiger partial charge is 0.444 e.